The van der Waals surface area contributed by atoms with Crippen molar-refractivity contribution in [3.05, 3.63) is 59.7 Å². The largest absolute Gasteiger partial charge is 0.365 e. The van der Waals surface area contributed by atoms with Gasteiger partial charge in [-0.1, -0.05) is 12.1 Å². The van der Waals surface area contributed by atoms with Crippen molar-refractivity contribution in [1.29, 1.82) is 0 Å². The standard InChI is InChI=1S/C19H21F2N3O/c1-13-4-3-5-16(10-13)24-9-8-23(12-14(24)2)19(25)22-18-11-15(20)6-7-17(18)21/h3-7,10-11,14H,8-9,12H2,1-2H3,(H,22,25). The molecule has 0 saturated carbocycles. The molecule has 6 heteroatoms. The first-order valence-corrected chi connectivity index (χ1v) is 8.28. The summed E-state index contributed by atoms with van der Waals surface area (Å²) in [5, 5.41) is 2.46. The highest BCUT2D eigenvalue weighted by atomic mass is 19.1. The van der Waals surface area contributed by atoms with Crippen LogP contribution >= 0.6 is 0 Å². The monoisotopic (exact) mass is 345 g/mol. The Morgan fingerprint density at radius 2 is 1.96 bits per heavy atom. The van der Waals surface area contributed by atoms with Crippen molar-refractivity contribution in [1.82, 2.24) is 4.90 Å². The Labute approximate surface area is 146 Å². The number of aryl methyl sites for hydroxylation is 1. The fraction of sp³-hybridized carbons (Fsp3) is 0.316. The van der Waals surface area contributed by atoms with Gasteiger partial charge in [-0.05, 0) is 43.7 Å². The number of rotatable bonds is 2. The van der Waals surface area contributed by atoms with E-state index in [2.05, 4.69) is 22.3 Å². The van der Waals surface area contributed by atoms with Gasteiger partial charge in [-0.3, -0.25) is 0 Å². The van der Waals surface area contributed by atoms with Gasteiger partial charge < -0.3 is 15.1 Å². The molecule has 1 atom stereocenters. The summed E-state index contributed by atoms with van der Waals surface area (Å²) >= 11 is 0. The van der Waals surface area contributed by atoms with E-state index in [1.54, 1.807) is 4.90 Å². The van der Waals surface area contributed by atoms with Crippen molar-refractivity contribution >= 4 is 17.4 Å². The van der Waals surface area contributed by atoms with Crippen LogP contribution in [0.1, 0.15) is 12.5 Å². The lowest BCUT2D eigenvalue weighted by Gasteiger charge is -2.41. The third-order valence-electron chi connectivity index (χ3n) is 4.42. The zero-order valence-electron chi connectivity index (χ0n) is 14.3. The second-order valence-electron chi connectivity index (χ2n) is 6.38. The first-order chi connectivity index (χ1) is 11.9. The molecule has 132 valence electrons. The molecule has 0 aliphatic carbocycles. The zero-order chi connectivity index (χ0) is 18.0. The van der Waals surface area contributed by atoms with Crippen LogP contribution in [0, 0.1) is 18.6 Å². The SMILES string of the molecule is Cc1cccc(N2CCN(C(=O)Nc3cc(F)ccc3F)CC2C)c1. The number of carbonyl (C=O) groups is 1. The highest BCUT2D eigenvalue weighted by Gasteiger charge is 2.27. The maximum Gasteiger partial charge on any atom is 0.322 e. The maximum atomic E-state index is 13.7. The Kier molecular flexibility index (Phi) is 4.88. The van der Waals surface area contributed by atoms with E-state index in [0.717, 1.165) is 23.9 Å². The summed E-state index contributed by atoms with van der Waals surface area (Å²) in [6.07, 6.45) is 0. The molecular weight excluding hydrogens is 324 g/mol. The van der Waals surface area contributed by atoms with Crippen LogP contribution in [-0.4, -0.2) is 36.6 Å². The van der Waals surface area contributed by atoms with Crippen LogP contribution in [0.5, 0.6) is 0 Å². The van der Waals surface area contributed by atoms with Gasteiger partial charge in [-0.15, -0.1) is 0 Å². The smallest absolute Gasteiger partial charge is 0.322 e. The lowest BCUT2D eigenvalue weighted by molar-refractivity contribution is 0.200. The van der Waals surface area contributed by atoms with E-state index in [-0.39, 0.29) is 11.7 Å². The van der Waals surface area contributed by atoms with Gasteiger partial charge in [0.25, 0.3) is 0 Å². The van der Waals surface area contributed by atoms with Crippen molar-refractivity contribution in [2.24, 2.45) is 0 Å². The van der Waals surface area contributed by atoms with Gasteiger partial charge in [-0.2, -0.15) is 0 Å². The molecule has 0 bridgehead atoms. The van der Waals surface area contributed by atoms with Crippen molar-refractivity contribution in [2.45, 2.75) is 19.9 Å². The molecule has 1 fully saturated rings. The van der Waals surface area contributed by atoms with Gasteiger partial charge in [0.15, 0.2) is 0 Å². The molecule has 1 aliphatic heterocycles. The lowest BCUT2D eigenvalue weighted by Crippen LogP contribution is -2.54. The Hall–Kier alpha value is -2.63. The van der Waals surface area contributed by atoms with E-state index >= 15 is 0 Å². The summed E-state index contributed by atoms with van der Waals surface area (Å²) in [6.45, 7) is 5.80. The number of anilines is 2. The lowest BCUT2D eigenvalue weighted by atomic mass is 10.1. The molecule has 0 spiro atoms. The number of hydrogen-bond donors (Lipinski definition) is 1. The highest BCUT2D eigenvalue weighted by molar-refractivity contribution is 5.89. The maximum absolute atomic E-state index is 13.7. The van der Waals surface area contributed by atoms with E-state index in [1.165, 1.54) is 5.56 Å². The first kappa shape index (κ1) is 17.2. The first-order valence-electron chi connectivity index (χ1n) is 8.28. The number of nitrogens with zero attached hydrogens (tertiary/aromatic N) is 2. The fourth-order valence-corrected chi connectivity index (χ4v) is 3.12. The van der Waals surface area contributed by atoms with Crippen LogP contribution < -0.4 is 10.2 Å². The van der Waals surface area contributed by atoms with Crippen molar-refractivity contribution < 1.29 is 13.6 Å². The topological polar surface area (TPSA) is 35.6 Å². The summed E-state index contributed by atoms with van der Waals surface area (Å²) in [5.74, 6) is -1.24. The fourth-order valence-electron chi connectivity index (χ4n) is 3.12. The summed E-state index contributed by atoms with van der Waals surface area (Å²) in [6, 6.07) is 11.0. The molecule has 0 radical (unpaired) electrons. The average molecular weight is 345 g/mol. The van der Waals surface area contributed by atoms with Crippen molar-refractivity contribution in [2.75, 3.05) is 29.9 Å². The molecule has 1 aliphatic rings. The van der Waals surface area contributed by atoms with Crippen LogP contribution in [0.15, 0.2) is 42.5 Å². The third kappa shape index (κ3) is 3.90. The molecule has 2 aromatic rings. The summed E-state index contributed by atoms with van der Waals surface area (Å²) in [5.41, 5.74) is 2.17. The van der Waals surface area contributed by atoms with Gasteiger partial charge >= 0.3 is 6.03 Å². The number of benzene rings is 2. The normalized spacial score (nSPS) is 17.5. The van der Waals surface area contributed by atoms with Gasteiger partial charge in [-0.25, -0.2) is 13.6 Å². The summed E-state index contributed by atoms with van der Waals surface area (Å²) < 4.78 is 26.9. The molecule has 0 aromatic heterocycles. The van der Waals surface area contributed by atoms with Gasteiger partial charge in [0.1, 0.15) is 11.6 Å². The Morgan fingerprint density at radius 1 is 1.16 bits per heavy atom. The number of piperazine rings is 1. The number of urea groups is 1. The van der Waals surface area contributed by atoms with E-state index < -0.39 is 17.7 Å². The van der Waals surface area contributed by atoms with E-state index in [0.29, 0.717) is 19.6 Å². The predicted octanol–water partition coefficient (Wildman–Crippen LogP) is 4.02. The predicted molar refractivity (Wildman–Crippen MR) is 94.9 cm³/mol. The Bertz CT molecular complexity index is 781. The molecular formula is C19H21F2N3O. The number of hydrogen-bond acceptors (Lipinski definition) is 2. The van der Waals surface area contributed by atoms with Crippen LogP contribution in [-0.2, 0) is 0 Å². The van der Waals surface area contributed by atoms with Crippen molar-refractivity contribution in [3.63, 3.8) is 0 Å². The quantitative estimate of drug-likeness (QED) is 0.892. The second kappa shape index (κ2) is 7.09. The number of halogens is 2. The van der Waals surface area contributed by atoms with E-state index in [1.807, 2.05) is 26.0 Å². The third-order valence-corrected chi connectivity index (χ3v) is 4.42. The average Bonchev–Trinajstić information content (AvgIpc) is 2.58. The minimum Gasteiger partial charge on any atom is -0.365 e. The number of amides is 2. The molecule has 1 heterocycles. The minimum absolute atomic E-state index is 0.124. The van der Waals surface area contributed by atoms with Crippen molar-refractivity contribution in [3.8, 4) is 0 Å². The minimum atomic E-state index is -0.652. The molecule has 4 nitrogen and oxygen atoms in total. The van der Waals surface area contributed by atoms with Crippen LogP contribution in [0.3, 0.4) is 0 Å². The second-order valence-corrected chi connectivity index (χ2v) is 6.38. The van der Waals surface area contributed by atoms with Crippen LogP contribution in [0.2, 0.25) is 0 Å². The molecule has 25 heavy (non-hydrogen) atoms. The Balaban J connectivity index is 1.66. The van der Waals surface area contributed by atoms with E-state index in [9.17, 15) is 13.6 Å². The van der Waals surface area contributed by atoms with Gasteiger partial charge in [0.2, 0.25) is 0 Å². The van der Waals surface area contributed by atoms with Gasteiger partial charge in [0.05, 0.1) is 5.69 Å². The van der Waals surface area contributed by atoms with Crippen LogP contribution in [0.25, 0.3) is 0 Å². The summed E-state index contributed by atoms with van der Waals surface area (Å²) in [4.78, 5) is 16.3. The zero-order valence-corrected chi connectivity index (χ0v) is 14.3. The molecule has 3 rings (SSSR count). The highest BCUT2D eigenvalue weighted by Crippen LogP contribution is 2.22. The molecule has 2 amide bonds. The summed E-state index contributed by atoms with van der Waals surface area (Å²) in [7, 11) is 0. The molecule has 1 unspecified atom stereocenters. The number of carbonyl (C=O) groups excluding carboxylic acids is 1. The van der Waals surface area contributed by atoms with Crippen LogP contribution in [0.4, 0.5) is 25.0 Å². The molecule has 2 aromatic carbocycles. The Morgan fingerprint density at radius 3 is 2.68 bits per heavy atom. The molecule has 1 saturated heterocycles. The van der Waals surface area contributed by atoms with E-state index in [4.69, 9.17) is 0 Å². The molecule has 1 N–H and O–H groups in total. The number of nitrogens with one attached hydrogen (secondary N) is 1. The van der Waals surface area contributed by atoms with Gasteiger partial charge in [0, 0.05) is 37.4 Å².